The van der Waals surface area contributed by atoms with Crippen LogP contribution in [-0.2, 0) is 20.9 Å². The molecule has 2 amide bonds. The summed E-state index contributed by atoms with van der Waals surface area (Å²) in [6.45, 7) is 4.25. The molecule has 0 unspecified atom stereocenters. The zero-order valence-electron chi connectivity index (χ0n) is 13.5. The highest BCUT2D eigenvalue weighted by atomic mass is 16.5. The van der Waals surface area contributed by atoms with Gasteiger partial charge in [0.25, 0.3) is 5.91 Å². The molecule has 0 saturated heterocycles. The lowest BCUT2D eigenvalue weighted by atomic mass is 10.2. The molecule has 1 aromatic carbocycles. The van der Waals surface area contributed by atoms with Gasteiger partial charge in [-0.05, 0) is 32.0 Å². The number of amides is 2. The SMILES string of the molecule is CCNC(=O)CNC(=O)COC(=O)c1ccc2c(c1)nnn2CC. The summed E-state index contributed by atoms with van der Waals surface area (Å²) in [4.78, 5) is 34.7. The topological polar surface area (TPSA) is 115 Å². The maximum absolute atomic E-state index is 12.0. The van der Waals surface area contributed by atoms with Crippen LogP contribution in [0, 0.1) is 0 Å². The number of hydrogen-bond acceptors (Lipinski definition) is 6. The molecule has 24 heavy (non-hydrogen) atoms. The van der Waals surface area contributed by atoms with Crippen LogP contribution in [-0.4, -0.2) is 52.5 Å². The molecule has 0 radical (unpaired) electrons. The number of carbonyl (C=O) groups excluding carboxylic acids is 3. The summed E-state index contributed by atoms with van der Waals surface area (Å²) in [5.74, 6) is -1.50. The first-order valence-electron chi connectivity index (χ1n) is 7.59. The third kappa shape index (κ3) is 4.28. The molecule has 0 atom stereocenters. The van der Waals surface area contributed by atoms with Crippen molar-refractivity contribution in [3.05, 3.63) is 23.8 Å². The average Bonchev–Trinajstić information content (AvgIpc) is 3.00. The molecule has 0 aliphatic carbocycles. The van der Waals surface area contributed by atoms with Gasteiger partial charge in [0.2, 0.25) is 5.91 Å². The van der Waals surface area contributed by atoms with Crippen LogP contribution in [0.15, 0.2) is 18.2 Å². The summed E-state index contributed by atoms with van der Waals surface area (Å²) in [7, 11) is 0. The Balaban J connectivity index is 1.88. The van der Waals surface area contributed by atoms with Crippen LogP contribution in [0.4, 0.5) is 0 Å². The lowest BCUT2D eigenvalue weighted by Crippen LogP contribution is -2.38. The number of nitrogens with one attached hydrogen (secondary N) is 2. The molecular weight excluding hydrogens is 314 g/mol. The largest absolute Gasteiger partial charge is 0.452 e. The van der Waals surface area contributed by atoms with Gasteiger partial charge in [0, 0.05) is 13.1 Å². The van der Waals surface area contributed by atoms with E-state index in [1.54, 1.807) is 29.8 Å². The number of esters is 1. The second-order valence-electron chi connectivity index (χ2n) is 4.92. The maximum Gasteiger partial charge on any atom is 0.338 e. The number of likely N-dealkylation sites (N-methyl/N-ethyl adjacent to an activating group) is 1. The predicted molar refractivity (Wildman–Crippen MR) is 85.2 cm³/mol. The number of aromatic nitrogens is 3. The fourth-order valence-corrected chi connectivity index (χ4v) is 2.04. The summed E-state index contributed by atoms with van der Waals surface area (Å²) >= 11 is 0. The van der Waals surface area contributed by atoms with Gasteiger partial charge in [0.1, 0.15) is 5.52 Å². The van der Waals surface area contributed by atoms with Crippen LogP contribution in [0.5, 0.6) is 0 Å². The Morgan fingerprint density at radius 1 is 1.17 bits per heavy atom. The van der Waals surface area contributed by atoms with E-state index < -0.39 is 18.5 Å². The second-order valence-corrected chi connectivity index (χ2v) is 4.92. The van der Waals surface area contributed by atoms with E-state index in [1.807, 2.05) is 6.92 Å². The Morgan fingerprint density at radius 3 is 2.67 bits per heavy atom. The summed E-state index contributed by atoms with van der Waals surface area (Å²) in [6, 6.07) is 4.88. The highest BCUT2D eigenvalue weighted by Gasteiger charge is 2.13. The zero-order valence-corrected chi connectivity index (χ0v) is 13.5. The van der Waals surface area contributed by atoms with Gasteiger partial charge in [-0.15, -0.1) is 5.10 Å². The average molecular weight is 333 g/mol. The standard InChI is InChI=1S/C15H19N5O4/c1-3-16-13(21)8-17-14(22)9-24-15(23)10-5-6-12-11(7-10)18-19-20(12)4-2/h5-7H,3-4,8-9H2,1-2H3,(H,16,21)(H,17,22). The van der Waals surface area contributed by atoms with E-state index in [2.05, 4.69) is 20.9 Å². The lowest BCUT2D eigenvalue weighted by molar-refractivity contribution is -0.127. The highest BCUT2D eigenvalue weighted by molar-refractivity contribution is 5.95. The van der Waals surface area contributed by atoms with Crippen molar-refractivity contribution in [3.8, 4) is 0 Å². The molecular formula is C15H19N5O4. The molecule has 128 valence electrons. The summed E-state index contributed by atoms with van der Waals surface area (Å²) < 4.78 is 6.63. The van der Waals surface area contributed by atoms with Crippen LogP contribution >= 0.6 is 0 Å². The minimum atomic E-state index is -0.642. The third-order valence-electron chi connectivity index (χ3n) is 3.20. The van der Waals surface area contributed by atoms with E-state index in [-0.39, 0.29) is 18.0 Å². The van der Waals surface area contributed by atoms with Gasteiger partial charge in [0.15, 0.2) is 6.61 Å². The number of nitrogens with zero attached hydrogens (tertiary/aromatic N) is 3. The molecule has 2 rings (SSSR count). The van der Waals surface area contributed by atoms with E-state index in [0.29, 0.717) is 18.6 Å². The van der Waals surface area contributed by atoms with E-state index in [4.69, 9.17) is 4.74 Å². The van der Waals surface area contributed by atoms with Crippen molar-refractivity contribution in [2.24, 2.45) is 0 Å². The molecule has 0 aliphatic rings. The number of hydrogen-bond donors (Lipinski definition) is 2. The maximum atomic E-state index is 12.0. The molecule has 0 saturated carbocycles. The van der Waals surface area contributed by atoms with Crippen molar-refractivity contribution in [1.82, 2.24) is 25.6 Å². The fourth-order valence-electron chi connectivity index (χ4n) is 2.04. The van der Waals surface area contributed by atoms with E-state index >= 15 is 0 Å². The van der Waals surface area contributed by atoms with Crippen molar-refractivity contribution >= 4 is 28.8 Å². The molecule has 1 aromatic heterocycles. The lowest BCUT2D eigenvalue weighted by Gasteiger charge is -2.06. The van der Waals surface area contributed by atoms with Crippen LogP contribution in [0.1, 0.15) is 24.2 Å². The molecule has 0 aliphatic heterocycles. The minimum absolute atomic E-state index is 0.156. The molecule has 1 heterocycles. The van der Waals surface area contributed by atoms with Gasteiger partial charge in [-0.1, -0.05) is 5.21 Å². The summed E-state index contributed by atoms with van der Waals surface area (Å²) in [6.07, 6.45) is 0. The Labute approximate surface area is 138 Å². The first kappa shape index (κ1) is 17.4. The van der Waals surface area contributed by atoms with E-state index in [9.17, 15) is 14.4 Å². The van der Waals surface area contributed by atoms with Crippen molar-refractivity contribution in [2.45, 2.75) is 20.4 Å². The van der Waals surface area contributed by atoms with Gasteiger partial charge >= 0.3 is 5.97 Å². The van der Waals surface area contributed by atoms with Crippen molar-refractivity contribution < 1.29 is 19.1 Å². The smallest absolute Gasteiger partial charge is 0.338 e. The fraction of sp³-hybridized carbons (Fsp3) is 0.400. The first-order chi connectivity index (χ1) is 11.5. The molecule has 2 aromatic rings. The Kier molecular flexibility index (Phi) is 5.83. The molecule has 9 heteroatoms. The van der Waals surface area contributed by atoms with Gasteiger partial charge in [-0.25, -0.2) is 9.48 Å². The Hall–Kier alpha value is -2.97. The minimum Gasteiger partial charge on any atom is -0.452 e. The number of aryl methyl sites for hydroxylation is 1. The van der Waals surface area contributed by atoms with Crippen LogP contribution in [0.3, 0.4) is 0 Å². The predicted octanol–water partition coefficient (Wildman–Crippen LogP) is -0.140. The number of rotatable bonds is 7. The zero-order chi connectivity index (χ0) is 17.5. The van der Waals surface area contributed by atoms with Crippen molar-refractivity contribution in [2.75, 3.05) is 19.7 Å². The normalized spacial score (nSPS) is 10.4. The van der Waals surface area contributed by atoms with Crippen LogP contribution < -0.4 is 10.6 Å². The Bertz CT molecular complexity index is 755. The van der Waals surface area contributed by atoms with Crippen LogP contribution in [0.2, 0.25) is 0 Å². The van der Waals surface area contributed by atoms with Crippen molar-refractivity contribution in [3.63, 3.8) is 0 Å². The first-order valence-corrected chi connectivity index (χ1v) is 7.59. The molecule has 0 fully saturated rings. The van der Waals surface area contributed by atoms with E-state index in [0.717, 1.165) is 5.52 Å². The monoisotopic (exact) mass is 333 g/mol. The number of benzene rings is 1. The van der Waals surface area contributed by atoms with Gasteiger partial charge in [-0.2, -0.15) is 0 Å². The van der Waals surface area contributed by atoms with E-state index in [1.165, 1.54) is 0 Å². The Morgan fingerprint density at radius 2 is 1.96 bits per heavy atom. The summed E-state index contributed by atoms with van der Waals surface area (Å²) in [5.41, 5.74) is 1.67. The molecule has 2 N–H and O–H groups in total. The van der Waals surface area contributed by atoms with Crippen molar-refractivity contribution in [1.29, 1.82) is 0 Å². The molecule has 0 spiro atoms. The van der Waals surface area contributed by atoms with Crippen LogP contribution in [0.25, 0.3) is 11.0 Å². The number of fused-ring (bicyclic) bond motifs is 1. The molecule has 0 bridgehead atoms. The summed E-state index contributed by atoms with van der Waals surface area (Å²) in [5, 5.41) is 12.8. The number of carbonyl (C=O) groups is 3. The quantitative estimate of drug-likeness (QED) is 0.682. The number of ether oxygens (including phenoxy) is 1. The molecule has 9 nitrogen and oxygen atoms in total. The van der Waals surface area contributed by atoms with Gasteiger partial charge < -0.3 is 15.4 Å². The third-order valence-corrected chi connectivity index (χ3v) is 3.20. The van der Waals surface area contributed by atoms with Gasteiger partial charge in [-0.3, -0.25) is 9.59 Å². The second kappa shape index (κ2) is 8.04. The highest BCUT2D eigenvalue weighted by Crippen LogP contribution is 2.14. The van der Waals surface area contributed by atoms with Gasteiger partial charge in [0.05, 0.1) is 17.6 Å².